The number of rotatable bonds is 6. The molecule has 0 aliphatic carbocycles. The summed E-state index contributed by atoms with van der Waals surface area (Å²) >= 11 is 1.65. The third kappa shape index (κ3) is 4.66. The molecule has 3 aromatic rings. The number of anilines is 1. The highest BCUT2D eigenvalue weighted by atomic mass is 32.2. The van der Waals surface area contributed by atoms with Crippen LogP contribution in [0.4, 0.5) is 11.4 Å². The highest BCUT2D eigenvalue weighted by molar-refractivity contribution is 8.03. The van der Waals surface area contributed by atoms with E-state index in [1.165, 1.54) is 0 Å². The van der Waals surface area contributed by atoms with Gasteiger partial charge in [-0.3, -0.25) is 4.55 Å². The van der Waals surface area contributed by atoms with Crippen LogP contribution in [-0.4, -0.2) is 31.0 Å². The van der Waals surface area contributed by atoms with Crippen molar-refractivity contribution in [3.63, 3.8) is 0 Å². The molecular formula is C26H22N2O3S2. The van der Waals surface area contributed by atoms with Crippen LogP contribution in [0.3, 0.4) is 0 Å². The first-order valence-electron chi connectivity index (χ1n) is 10.6. The molecule has 2 aliphatic rings. The highest BCUT2D eigenvalue weighted by Crippen LogP contribution is 2.46. The van der Waals surface area contributed by atoms with Crippen LogP contribution in [0.5, 0.6) is 0 Å². The largest absolute Gasteiger partial charge is 0.335 e. The molecule has 2 heterocycles. The number of allylic oxidation sites excluding steroid dienone is 3. The smallest absolute Gasteiger partial charge is 0.264 e. The fraction of sp³-hybridized carbons (Fsp3) is 0.115. The molecule has 0 aromatic heterocycles. The van der Waals surface area contributed by atoms with E-state index in [0.29, 0.717) is 13.0 Å². The lowest BCUT2D eigenvalue weighted by Crippen LogP contribution is -2.21. The molecule has 1 N–H and O–H groups in total. The minimum Gasteiger partial charge on any atom is -0.335 e. The van der Waals surface area contributed by atoms with E-state index in [4.69, 9.17) is 9.55 Å². The van der Waals surface area contributed by atoms with Gasteiger partial charge in [-0.15, -0.1) is 0 Å². The molecule has 0 spiro atoms. The average molecular weight is 475 g/mol. The number of para-hydroxylation sites is 2. The van der Waals surface area contributed by atoms with E-state index >= 15 is 0 Å². The molecular weight excluding hydrogens is 452 g/mol. The fourth-order valence-electron chi connectivity index (χ4n) is 4.06. The lowest BCUT2D eigenvalue weighted by Gasteiger charge is -2.20. The molecule has 0 unspecified atom stereocenters. The van der Waals surface area contributed by atoms with Gasteiger partial charge >= 0.3 is 0 Å². The Morgan fingerprint density at radius 1 is 0.909 bits per heavy atom. The lowest BCUT2D eigenvalue weighted by molar-refractivity contribution is 0.481. The second kappa shape index (κ2) is 9.02. The van der Waals surface area contributed by atoms with Crippen molar-refractivity contribution in [3.8, 4) is 0 Å². The van der Waals surface area contributed by atoms with Crippen molar-refractivity contribution in [3.05, 3.63) is 107 Å². The molecule has 2 aliphatic heterocycles. The molecule has 0 saturated carbocycles. The number of benzene rings is 3. The average Bonchev–Trinajstić information content (AvgIpc) is 3.36. The number of thioether (sulfide) groups is 1. The van der Waals surface area contributed by atoms with Gasteiger partial charge in [-0.1, -0.05) is 72.4 Å². The third-order valence-electron chi connectivity index (χ3n) is 5.54. The molecule has 5 rings (SSSR count). The van der Waals surface area contributed by atoms with E-state index in [1.54, 1.807) is 11.8 Å². The molecule has 166 valence electrons. The monoisotopic (exact) mass is 474 g/mol. The molecule has 0 saturated heterocycles. The van der Waals surface area contributed by atoms with E-state index in [-0.39, 0.29) is 5.75 Å². The Balaban J connectivity index is 1.51. The second-order valence-corrected chi connectivity index (χ2v) is 10.4. The summed E-state index contributed by atoms with van der Waals surface area (Å²) < 4.78 is 31.6. The summed E-state index contributed by atoms with van der Waals surface area (Å²) in [5.41, 5.74) is 6.14. The van der Waals surface area contributed by atoms with Gasteiger partial charge < -0.3 is 4.90 Å². The summed E-state index contributed by atoms with van der Waals surface area (Å²) in [4.78, 5) is 8.12. The number of hydrogen-bond donors (Lipinski definition) is 1. The summed E-state index contributed by atoms with van der Waals surface area (Å²) in [6, 6.07) is 26.3. The maximum absolute atomic E-state index is 11.2. The third-order valence-corrected chi connectivity index (χ3v) is 7.48. The van der Waals surface area contributed by atoms with Gasteiger partial charge in [0, 0.05) is 28.1 Å². The Morgan fingerprint density at radius 3 is 2.45 bits per heavy atom. The number of aliphatic imine (C=N–C) groups is 1. The summed E-state index contributed by atoms with van der Waals surface area (Å²) in [5.74, 6) is -0.261. The van der Waals surface area contributed by atoms with E-state index in [9.17, 15) is 8.42 Å². The summed E-state index contributed by atoms with van der Waals surface area (Å²) in [7, 11) is -3.99. The zero-order chi connectivity index (χ0) is 22.8. The lowest BCUT2D eigenvalue weighted by atomic mass is 9.97. The SMILES string of the molecule is O=S(=O)(O)CCCN1/C(=C/C=C2\C(c3ccccc3)=Nc3ccccc32)Sc2ccccc21. The minimum absolute atomic E-state index is 0.261. The van der Waals surface area contributed by atoms with Crippen LogP contribution in [0, 0.1) is 0 Å². The van der Waals surface area contributed by atoms with Crippen molar-refractivity contribution < 1.29 is 13.0 Å². The Kier molecular flexibility index (Phi) is 5.93. The predicted molar refractivity (Wildman–Crippen MR) is 136 cm³/mol. The predicted octanol–water partition coefficient (Wildman–Crippen LogP) is 5.94. The van der Waals surface area contributed by atoms with Crippen LogP contribution in [0.1, 0.15) is 17.5 Å². The molecule has 0 fully saturated rings. The molecule has 7 heteroatoms. The maximum atomic E-state index is 11.2. The molecule has 0 bridgehead atoms. The van der Waals surface area contributed by atoms with Crippen LogP contribution in [-0.2, 0) is 10.1 Å². The fourth-order valence-corrected chi connectivity index (χ4v) is 5.64. The van der Waals surface area contributed by atoms with Crippen molar-refractivity contribution in [1.29, 1.82) is 0 Å². The van der Waals surface area contributed by atoms with Crippen LogP contribution < -0.4 is 4.90 Å². The van der Waals surface area contributed by atoms with E-state index < -0.39 is 10.1 Å². The standard InChI is InChI=1S/C26H22N2O3S2/c29-33(30,31)18-8-17-28-23-13-6-7-14-24(23)32-25(28)16-15-21-20-11-4-5-12-22(20)27-26(21)19-9-2-1-3-10-19/h1-7,9-16H,8,17-18H2,(H,29,30,31)/b21-15-,25-16-. The normalized spacial score (nSPS) is 17.4. The summed E-state index contributed by atoms with van der Waals surface area (Å²) in [6.07, 6.45) is 4.51. The van der Waals surface area contributed by atoms with Gasteiger partial charge in [0.25, 0.3) is 10.1 Å². The van der Waals surface area contributed by atoms with E-state index in [2.05, 4.69) is 41.3 Å². The maximum Gasteiger partial charge on any atom is 0.264 e. The van der Waals surface area contributed by atoms with Crippen LogP contribution in [0.2, 0.25) is 0 Å². The Labute approximate surface area is 197 Å². The Bertz CT molecular complexity index is 1390. The molecule has 3 aromatic carbocycles. The zero-order valence-corrected chi connectivity index (χ0v) is 19.4. The first-order chi connectivity index (χ1) is 16.0. The zero-order valence-electron chi connectivity index (χ0n) is 17.8. The summed E-state index contributed by atoms with van der Waals surface area (Å²) in [5, 5.41) is 1.01. The van der Waals surface area contributed by atoms with Gasteiger partial charge in [0.15, 0.2) is 0 Å². The molecule has 0 amide bonds. The van der Waals surface area contributed by atoms with Gasteiger partial charge in [0.05, 0.1) is 27.9 Å². The number of nitrogens with zero attached hydrogens (tertiary/aromatic N) is 2. The first kappa shape index (κ1) is 21.7. The van der Waals surface area contributed by atoms with Crippen LogP contribution in [0.25, 0.3) is 5.57 Å². The van der Waals surface area contributed by atoms with Crippen LogP contribution >= 0.6 is 11.8 Å². The molecule has 0 radical (unpaired) electrons. The molecule has 33 heavy (non-hydrogen) atoms. The Hall–Kier alpha value is -3.13. The van der Waals surface area contributed by atoms with Crippen molar-refractivity contribution >= 4 is 44.5 Å². The van der Waals surface area contributed by atoms with Crippen molar-refractivity contribution in [1.82, 2.24) is 0 Å². The minimum atomic E-state index is -3.99. The van der Waals surface area contributed by atoms with E-state index in [0.717, 1.165) is 43.7 Å². The van der Waals surface area contributed by atoms with Gasteiger partial charge in [0.1, 0.15) is 0 Å². The van der Waals surface area contributed by atoms with Crippen LogP contribution in [0.15, 0.2) is 106 Å². The molecule has 5 nitrogen and oxygen atoms in total. The number of fused-ring (bicyclic) bond motifs is 2. The number of hydrogen-bond acceptors (Lipinski definition) is 5. The topological polar surface area (TPSA) is 70.0 Å². The van der Waals surface area contributed by atoms with Crippen molar-refractivity contribution in [2.75, 3.05) is 17.2 Å². The van der Waals surface area contributed by atoms with Crippen molar-refractivity contribution in [2.45, 2.75) is 11.3 Å². The Morgan fingerprint density at radius 2 is 1.64 bits per heavy atom. The second-order valence-electron chi connectivity index (χ2n) is 7.79. The first-order valence-corrected chi connectivity index (χ1v) is 13.1. The highest BCUT2D eigenvalue weighted by Gasteiger charge is 2.26. The van der Waals surface area contributed by atoms with Gasteiger partial charge in [-0.2, -0.15) is 8.42 Å². The quantitative estimate of drug-likeness (QED) is 0.448. The van der Waals surface area contributed by atoms with Gasteiger partial charge in [-0.05, 0) is 36.8 Å². The van der Waals surface area contributed by atoms with Crippen molar-refractivity contribution in [2.24, 2.45) is 4.99 Å². The summed E-state index contributed by atoms with van der Waals surface area (Å²) in [6.45, 7) is 0.495. The van der Waals surface area contributed by atoms with Gasteiger partial charge in [0.2, 0.25) is 0 Å². The van der Waals surface area contributed by atoms with Gasteiger partial charge in [-0.25, -0.2) is 4.99 Å². The van der Waals surface area contributed by atoms with E-state index in [1.807, 2.05) is 54.6 Å². The molecule has 0 atom stereocenters.